The smallest absolute Gasteiger partial charge is 0.128 e. The van der Waals surface area contributed by atoms with Crippen molar-refractivity contribution < 1.29 is 0 Å². The molecule has 0 saturated carbocycles. The van der Waals surface area contributed by atoms with Gasteiger partial charge in [-0.15, -0.1) is 23.1 Å². The minimum absolute atomic E-state index is 0.133. The maximum atomic E-state index is 9.19. The molecule has 24 heavy (non-hydrogen) atoms. The lowest BCUT2D eigenvalue weighted by Crippen LogP contribution is -2.00. The molecule has 118 valence electrons. The van der Waals surface area contributed by atoms with Gasteiger partial charge in [0.2, 0.25) is 0 Å². The van der Waals surface area contributed by atoms with Crippen LogP contribution in [0.15, 0.2) is 47.8 Å². The Hall–Kier alpha value is -2.41. The highest BCUT2D eigenvalue weighted by Gasteiger charge is 2.13. The summed E-state index contributed by atoms with van der Waals surface area (Å²) >= 11 is 3.21. The van der Waals surface area contributed by atoms with E-state index in [0.29, 0.717) is 18.6 Å². The first-order valence-corrected chi connectivity index (χ1v) is 9.31. The standard InChI is InChI=1S/C18H14N4S2/c19-8-4-5-13(10-20)11-23-17-15-9-16(14-6-2-1-3-7-14)24-18(15)22-12-21-17/h1-3,6-7,9,12-13H,4-5,11H2/t13-/m1/s1. The van der Waals surface area contributed by atoms with Gasteiger partial charge < -0.3 is 0 Å². The maximum Gasteiger partial charge on any atom is 0.128 e. The van der Waals surface area contributed by atoms with Gasteiger partial charge in [0, 0.05) is 22.4 Å². The van der Waals surface area contributed by atoms with Crippen LogP contribution >= 0.6 is 23.1 Å². The third-order valence-corrected chi connectivity index (χ3v) is 5.82. The summed E-state index contributed by atoms with van der Waals surface area (Å²) in [6, 6.07) is 16.7. The fourth-order valence-corrected chi connectivity index (χ4v) is 4.40. The van der Waals surface area contributed by atoms with E-state index in [4.69, 9.17) is 5.26 Å². The van der Waals surface area contributed by atoms with Crippen molar-refractivity contribution in [2.45, 2.75) is 17.9 Å². The molecule has 2 heterocycles. The van der Waals surface area contributed by atoms with Gasteiger partial charge in [-0.2, -0.15) is 10.5 Å². The van der Waals surface area contributed by atoms with Gasteiger partial charge in [0.25, 0.3) is 0 Å². The Morgan fingerprint density at radius 2 is 2.00 bits per heavy atom. The van der Waals surface area contributed by atoms with Crippen LogP contribution in [0.25, 0.3) is 20.7 Å². The van der Waals surface area contributed by atoms with Crippen molar-refractivity contribution in [1.29, 1.82) is 10.5 Å². The molecule has 0 saturated heterocycles. The summed E-state index contributed by atoms with van der Waals surface area (Å²) < 4.78 is 0. The Labute approximate surface area is 148 Å². The van der Waals surface area contributed by atoms with Crippen molar-refractivity contribution >= 4 is 33.3 Å². The molecule has 1 atom stereocenters. The normalized spacial score (nSPS) is 11.8. The lowest BCUT2D eigenvalue weighted by atomic mass is 10.1. The average molecular weight is 350 g/mol. The molecule has 0 bridgehead atoms. The molecule has 0 N–H and O–H groups in total. The topological polar surface area (TPSA) is 73.4 Å². The van der Waals surface area contributed by atoms with Crippen LogP contribution < -0.4 is 0 Å². The largest absolute Gasteiger partial charge is 0.229 e. The van der Waals surface area contributed by atoms with Gasteiger partial charge in [0.05, 0.1) is 18.1 Å². The van der Waals surface area contributed by atoms with Crippen molar-refractivity contribution in [2.24, 2.45) is 5.92 Å². The van der Waals surface area contributed by atoms with Crippen molar-refractivity contribution in [2.75, 3.05) is 5.75 Å². The van der Waals surface area contributed by atoms with Crippen LogP contribution in [0.5, 0.6) is 0 Å². The number of rotatable bonds is 6. The van der Waals surface area contributed by atoms with E-state index in [1.807, 2.05) is 18.2 Å². The first-order valence-electron chi connectivity index (χ1n) is 7.51. The minimum atomic E-state index is -0.133. The third-order valence-electron chi connectivity index (χ3n) is 3.56. The number of thioether (sulfide) groups is 1. The molecule has 4 nitrogen and oxygen atoms in total. The van der Waals surface area contributed by atoms with E-state index in [0.717, 1.165) is 20.1 Å². The van der Waals surface area contributed by atoms with E-state index in [1.54, 1.807) is 29.4 Å². The first kappa shape index (κ1) is 16.4. The summed E-state index contributed by atoms with van der Waals surface area (Å²) in [4.78, 5) is 10.9. The SMILES string of the molecule is N#CCC[C@H](C#N)CSc1ncnc2sc(-c3ccccc3)cc12. The second-order valence-corrected chi connectivity index (χ2v) is 7.25. The van der Waals surface area contributed by atoms with Gasteiger partial charge in [-0.25, -0.2) is 9.97 Å². The molecule has 0 aliphatic carbocycles. The second-order valence-electron chi connectivity index (χ2n) is 5.21. The van der Waals surface area contributed by atoms with Crippen molar-refractivity contribution in [1.82, 2.24) is 9.97 Å². The molecule has 6 heteroatoms. The zero-order valence-corrected chi connectivity index (χ0v) is 14.5. The molecular formula is C18H14N4S2. The molecular weight excluding hydrogens is 336 g/mol. The molecule has 0 fully saturated rings. The van der Waals surface area contributed by atoms with Crippen LogP contribution in [0.4, 0.5) is 0 Å². The van der Waals surface area contributed by atoms with E-state index in [-0.39, 0.29) is 5.92 Å². The van der Waals surface area contributed by atoms with Gasteiger partial charge in [-0.3, -0.25) is 0 Å². The first-order chi connectivity index (χ1) is 11.8. The van der Waals surface area contributed by atoms with E-state index in [9.17, 15) is 5.26 Å². The molecule has 0 spiro atoms. The van der Waals surface area contributed by atoms with Crippen LogP contribution in [0, 0.1) is 28.6 Å². The summed E-state index contributed by atoms with van der Waals surface area (Å²) in [5.74, 6) is 0.507. The van der Waals surface area contributed by atoms with E-state index in [2.05, 4.69) is 40.3 Å². The summed E-state index contributed by atoms with van der Waals surface area (Å²) in [7, 11) is 0. The average Bonchev–Trinajstić information content (AvgIpc) is 3.07. The van der Waals surface area contributed by atoms with Crippen LogP contribution in [-0.4, -0.2) is 15.7 Å². The van der Waals surface area contributed by atoms with Crippen molar-refractivity contribution in [3.63, 3.8) is 0 Å². The molecule has 0 aliphatic rings. The highest BCUT2D eigenvalue weighted by atomic mass is 32.2. The minimum Gasteiger partial charge on any atom is -0.229 e. The maximum absolute atomic E-state index is 9.19. The molecule has 3 rings (SSSR count). The fraction of sp³-hybridized carbons (Fsp3) is 0.222. The molecule has 2 aromatic heterocycles. The lowest BCUT2D eigenvalue weighted by Gasteiger charge is -2.06. The van der Waals surface area contributed by atoms with E-state index in [1.165, 1.54) is 5.56 Å². The Morgan fingerprint density at radius 1 is 1.17 bits per heavy atom. The Morgan fingerprint density at radius 3 is 2.75 bits per heavy atom. The van der Waals surface area contributed by atoms with Gasteiger partial charge in [0.15, 0.2) is 0 Å². The Bertz CT molecular complexity index is 906. The highest BCUT2D eigenvalue weighted by molar-refractivity contribution is 7.99. The number of fused-ring (bicyclic) bond motifs is 1. The monoisotopic (exact) mass is 350 g/mol. The predicted octanol–water partition coefficient (Wildman–Crippen LogP) is 4.89. The second kappa shape index (κ2) is 7.92. The number of hydrogen-bond acceptors (Lipinski definition) is 6. The van der Waals surface area contributed by atoms with E-state index < -0.39 is 0 Å². The third kappa shape index (κ3) is 3.73. The quantitative estimate of drug-likeness (QED) is 0.467. The van der Waals surface area contributed by atoms with Gasteiger partial charge in [-0.1, -0.05) is 30.3 Å². The summed E-state index contributed by atoms with van der Waals surface area (Å²) in [5, 5.41) is 19.8. The van der Waals surface area contributed by atoms with Crippen molar-refractivity contribution in [3.05, 3.63) is 42.7 Å². The molecule has 3 aromatic rings. The summed E-state index contributed by atoms with van der Waals surface area (Å²) in [5.41, 5.74) is 1.17. The van der Waals surface area contributed by atoms with Crippen LogP contribution in [-0.2, 0) is 0 Å². The zero-order valence-electron chi connectivity index (χ0n) is 12.8. The Kier molecular flexibility index (Phi) is 5.43. The van der Waals surface area contributed by atoms with Crippen LogP contribution in [0.2, 0.25) is 0 Å². The molecule has 0 aliphatic heterocycles. The van der Waals surface area contributed by atoms with Crippen LogP contribution in [0.3, 0.4) is 0 Å². The van der Waals surface area contributed by atoms with Crippen LogP contribution in [0.1, 0.15) is 12.8 Å². The fourth-order valence-electron chi connectivity index (χ4n) is 2.30. The number of benzene rings is 1. The van der Waals surface area contributed by atoms with E-state index >= 15 is 0 Å². The predicted molar refractivity (Wildman–Crippen MR) is 97.5 cm³/mol. The van der Waals surface area contributed by atoms with Gasteiger partial charge in [0.1, 0.15) is 16.2 Å². The molecule has 1 aromatic carbocycles. The molecule has 0 unspecified atom stereocenters. The number of aromatic nitrogens is 2. The molecule has 0 amide bonds. The number of nitriles is 2. The summed E-state index contributed by atoms with van der Waals surface area (Å²) in [6.07, 6.45) is 2.59. The number of nitrogens with zero attached hydrogens (tertiary/aromatic N) is 4. The summed E-state index contributed by atoms with van der Waals surface area (Å²) in [6.45, 7) is 0. The Balaban J connectivity index is 1.83. The highest BCUT2D eigenvalue weighted by Crippen LogP contribution is 2.36. The van der Waals surface area contributed by atoms with Gasteiger partial charge >= 0.3 is 0 Å². The lowest BCUT2D eigenvalue weighted by molar-refractivity contribution is 0.685. The number of hydrogen-bond donors (Lipinski definition) is 0. The van der Waals surface area contributed by atoms with Crippen molar-refractivity contribution in [3.8, 4) is 22.6 Å². The van der Waals surface area contributed by atoms with Gasteiger partial charge in [-0.05, 0) is 18.1 Å². The molecule has 0 radical (unpaired) electrons. The zero-order chi connectivity index (χ0) is 16.8. The number of thiophene rings is 1.